The fourth-order valence-electron chi connectivity index (χ4n) is 2.05. The third kappa shape index (κ3) is 5.32. The molecule has 3 heteroatoms. The van der Waals surface area contributed by atoms with Gasteiger partial charge in [0.25, 0.3) is 0 Å². The number of halogens is 1. The standard InChI is InChI=1S/C11H23BrN2/c1-10(12)9-11(2)13-5-8-14-6-3-4-7-14/h10-11,13H,3-9H2,1-2H3. The van der Waals surface area contributed by atoms with Crippen LogP contribution in [0.3, 0.4) is 0 Å². The highest BCUT2D eigenvalue weighted by molar-refractivity contribution is 9.09. The summed E-state index contributed by atoms with van der Waals surface area (Å²) in [6.45, 7) is 9.46. The van der Waals surface area contributed by atoms with E-state index in [4.69, 9.17) is 0 Å². The number of rotatable bonds is 6. The van der Waals surface area contributed by atoms with Crippen LogP contribution in [0.2, 0.25) is 0 Å². The Kier molecular flexibility index (Phi) is 6.06. The summed E-state index contributed by atoms with van der Waals surface area (Å²) in [5.74, 6) is 0. The van der Waals surface area contributed by atoms with Crippen molar-refractivity contribution >= 4 is 15.9 Å². The Labute approximate surface area is 96.6 Å². The van der Waals surface area contributed by atoms with Gasteiger partial charge in [-0.15, -0.1) is 0 Å². The Morgan fingerprint density at radius 3 is 2.50 bits per heavy atom. The lowest BCUT2D eigenvalue weighted by Crippen LogP contribution is -2.35. The second-order valence-corrected chi connectivity index (χ2v) is 5.98. The average Bonchev–Trinajstić information content (AvgIpc) is 2.55. The van der Waals surface area contributed by atoms with Crippen molar-refractivity contribution < 1.29 is 0 Å². The van der Waals surface area contributed by atoms with Gasteiger partial charge in [-0.1, -0.05) is 22.9 Å². The van der Waals surface area contributed by atoms with Crippen molar-refractivity contribution in [3.63, 3.8) is 0 Å². The van der Waals surface area contributed by atoms with Gasteiger partial charge in [-0.25, -0.2) is 0 Å². The molecule has 14 heavy (non-hydrogen) atoms. The predicted octanol–water partition coefficient (Wildman–Crippen LogP) is 2.23. The summed E-state index contributed by atoms with van der Waals surface area (Å²) in [6.07, 6.45) is 4.00. The zero-order valence-corrected chi connectivity index (χ0v) is 11.0. The van der Waals surface area contributed by atoms with E-state index >= 15 is 0 Å². The molecule has 1 fully saturated rings. The first-order chi connectivity index (χ1) is 6.68. The molecular formula is C11H23BrN2. The van der Waals surface area contributed by atoms with Crippen molar-refractivity contribution in [3.05, 3.63) is 0 Å². The highest BCUT2D eigenvalue weighted by Crippen LogP contribution is 2.07. The summed E-state index contributed by atoms with van der Waals surface area (Å²) in [5.41, 5.74) is 0. The molecule has 1 rings (SSSR count). The monoisotopic (exact) mass is 262 g/mol. The molecule has 0 aliphatic carbocycles. The summed E-state index contributed by atoms with van der Waals surface area (Å²) in [7, 11) is 0. The largest absolute Gasteiger partial charge is 0.313 e. The number of likely N-dealkylation sites (tertiary alicyclic amines) is 1. The van der Waals surface area contributed by atoms with Gasteiger partial charge in [-0.05, 0) is 39.3 Å². The number of nitrogens with zero attached hydrogens (tertiary/aromatic N) is 1. The van der Waals surface area contributed by atoms with Gasteiger partial charge in [0.2, 0.25) is 0 Å². The molecule has 84 valence electrons. The minimum absolute atomic E-state index is 0.622. The molecule has 1 aliphatic rings. The molecule has 0 radical (unpaired) electrons. The van der Waals surface area contributed by atoms with Crippen molar-refractivity contribution in [2.24, 2.45) is 0 Å². The van der Waals surface area contributed by atoms with Crippen LogP contribution in [0.15, 0.2) is 0 Å². The molecule has 0 saturated carbocycles. The third-order valence-corrected chi connectivity index (χ3v) is 3.17. The third-order valence-electron chi connectivity index (χ3n) is 2.80. The highest BCUT2D eigenvalue weighted by Gasteiger charge is 2.11. The zero-order valence-electron chi connectivity index (χ0n) is 9.43. The summed E-state index contributed by atoms with van der Waals surface area (Å²) in [6, 6.07) is 0.631. The molecule has 0 bridgehead atoms. The Balaban J connectivity index is 1.96. The van der Waals surface area contributed by atoms with Gasteiger partial charge >= 0.3 is 0 Å². The van der Waals surface area contributed by atoms with Crippen LogP contribution in [0, 0.1) is 0 Å². The van der Waals surface area contributed by atoms with Crippen molar-refractivity contribution in [1.82, 2.24) is 10.2 Å². The van der Waals surface area contributed by atoms with Crippen LogP contribution in [-0.4, -0.2) is 41.9 Å². The lowest BCUT2D eigenvalue weighted by molar-refractivity contribution is 0.327. The van der Waals surface area contributed by atoms with Gasteiger partial charge in [0.1, 0.15) is 0 Å². The Morgan fingerprint density at radius 2 is 1.93 bits per heavy atom. The smallest absolute Gasteiger partial charge is 0.0132 e. The lowest BCUT2D eigenvalue weighted by Gasteiger charge is -2.18. The highest BCUT2D eigenvalue weighted by atomic mass is 79.9. The molecule has 2 unspecified atom stereocenters. The molecule has 0 aromatic heterocycles. The molecule has 0 aromatic rings. The average molecular weight is 263 g/mol. The minimum Gasteiger partial charge on any atom is -0.313 e. The molecule has 1 saturated heterocycles. The summed E-state index contributed by atoms with van der Waals surface area (Å²) in [4.78, 5) is 3.17. The fraction of sp³-hybridized carbons (Fsp3) is 1.00. The number of nitrogens with one attached hydrogen (secondary N) is 1. The van der Waals surface area contributed by atoms with E-state index in [1.165, 1.54) is 38.9 Å². The van der Waals surface area contributed by atoms with Gasteiger partial charge in [0.05, 0.1) is 0 Å². The van der Waals surface area contributed by atoms with E-state index in [0.29, 0.717) is 10.9 Å². The molecule has 0 aromatic carbocycles. The molecule has 0 amide bonds. The van der Waals surface area contributed by atoms with Crippen LogP contribution in [0.25, 0.3) is 0 Å². The lowest BCUT2D eigenvalue weighted by atomic mass is 10.2. The van der Waals surface area contributed by atoms with Crippen LogP contribution in [0.5, 0.6) is 0 Å². The van der Waals surface area contributed by atoms with Crippen molar-refractivity contribution in [2.75, 3.05) is 26.2 Å². The molecule has 2 atom stereocenters. The van der Waals surface area contributed by atoms with Gasteiger partial charge in [-0.2, -0.15) is 0 Å². The zero-order chi connectivity index (χ0) is 10.4. The quantitative estimate of drug-likeness (QED) is 0.739. The van der Waals surface area contributed by atoms with Crippen LogP contribution in [0.1, 0.15) is 33.1 Å². The Morgan fingerprint density at radius 1 is 1.29 bits per heavy atom. The van der Waals surface area contributed by atoms with Crippen LogP contribution >= 0.6 is 15.9 Å². The summed E-state index contributed by atoms with van der Waals surface area (Å²) < 4.78 is 0. The Hall–Kier alpha value is 0.400. The summed E-state index contributed by atoms with van der Waals surface area (Å²) in [5, 5.41) is 3.57. The predicted molar refractivity (Wildman–Crippen MR) is 66.1 cm³/mol. The van der Waals surface area contributed by atoms with Crippen molar-refractivity contribution in [3.8, 4) is 0 Å². The maximum atomic E-state index is 3.58. The first-order valence-corrected chi connectivity index (χ1v) is 6.70. The van der Waals surface area contributed by atoms with E-state index in [-0.39, 0.29) is 0 Å². The first kappa shape index (κ1) is 12.5. The van der Waals surface area contributed by atoms with Crippen LogP contribution in [-0.2, 0) is 0 Å². The number of hydrogen-bond donors (Lipinski definition) is 1. The number of alkyl halides is 1. The topological polar surface area (TPSA) is 15.3 Å². The Bertz CT molecular complexity index is 144. The first-order valence-electron chi connectivity index (χ1n) is 5.78. The fourth-order valence-corrected chi connectivity index (χ4v) is 2.61. The van der Waals surface area contributed by atoms with Gasteiger partial charge in [0, 0.05) is 24.0 Å². The molecule has 1 heterocycles. The molecule has 1 aliphatic heterocycles. The second kappa shape index (κ2) is 6.81. The van der Waals surface area contributed by atoms with E-state index in [9.17, 15) is 0 Å². The van der Waals surface area contributed by atoms with E-state index in [2.05, 4.69) is 40.0 Å². The second-order valence-electron chi connectivity index (χ2n) is 4.42. The van der Waals surface area contributed by atoms with E-state index in [0.717, 1.165) is 6.54 Å². The van der Waals surface area contributed by atoms with Gasteiger partial charge in [-0.3, -0.25) is 0 Å². The summed E-state index contributed by atoms with van der Waals surface area (Å²) >= 11 is 3.58. The SMILES string of the molecule is CC(Br)CC(C)NCCN1CCCC1. The molecule has 2 nitrogen and oxygen atoms in total. The van der Waals surface area contributed by atoms with Gasteiger partial charge < -0.3 is 10.2 Å². The maximum Gasteiger partial charge on any atom is 0.0132 e. The molecular weight excluding hydrogens is 240 g/mol. The van der Waals surface area contributed by atoms with E-state index in [1.54, 1.807) is 0 Å². The number of hydrogen-bond acceptors (Lipinski definition) is 2. The molecule has 0 spiro atoms. The molecule has 1 N–H and O–H groups in total. The van der Waals surface area contributed by atoms with Crippen LogP contribution < -0.4 is 5.32 Å². The normalized spacial score (nSPS) is 22.5. The van der Waals surface area contributed by atoms with Crippen molar-refractivity contribution in [1.29, 1.82) is 0 Å². The maximum absolute atomic E-state index is 3.58. The van der Waals surface area contributed by atoms with Gasteiger partial charge in [0.15, 0.2) is 0 Å². The van der Waals surface area contributed by atoms with Crippen molar-refractivity contribution in [2.45, 2.75) is 44.0 Å². The minimum atomic E-state index is 0.622. The van der Waals surface area contributed by atoms with E-state index in [1.807, 2.05) is 0 Å². The van der Waals surface area contributed by atoms with E-state index < -0.39 is 0 Å². The van der Waals surface area contributed by atoms with Crippen LogP contribution in [0.4, 0.5) is 0 Å².